The molecule has 2 saturated carbocycles. The van der Waals surface area contributed by atoms with Gasteiger partial charge in [0.15, 0.2) is 5.60 Å². The summed E-state index contributed by atoms with van der Waals surface area (Å²) >= 11 is 0. The van der Waals surface area contributed by atoms with Crippen molar-refractivity contribution >= 4 is 0 Å². The van der Waals surface area contributed by atoms with Crippen LogP contribution in [0.5, 0.6) is 0 Å². The van der Waals surface area contributed by atoms with Crippen LogP contribution in [0.15, 0.2) is 0 Å². The predicted molar refractivity (Wildman–Crippen MR) is 44.0 cm³/mol. The molecule has 2 aliphatic carbocycles. The van der Waals surface area contributed by atoms with Crippen molar-refractivity contribution in [2.75, 3.05) is 6.67 Å². The number of hydrogen-bond donors (Lipinski definition) is 0. The average Bonchev–Trinajstić information content (AvgIpc) is 2.70. The van der Waals surface area contributed by atoms with Crippen LogP contribution < -0.4 is 0 Å². The Balaban J connectivity index is 2.00. The second-order valence-corrected chi connectivity index (χ2v) is 5.02. The second kappa shape index (κ2) is 2.67. The molecule has 5 heteroatoms. The van der Waals surface area contributed by atoms with E-state index in [0.717, 1.165) is 6.42 Å². The first-order chi connectivity index (χ1) is 6.98. The Bertz CT molecular complexity index is 288. The first-order valence-electron chi connectivity index (χ1n) is 5.28. The zero-order chi connectivity index (χ0) is 10.8. The molecule has 5 unspecified atom stereocenters. The minimum Gasteiger partial charge on any atom is -0.359 e. The largest absolute Gasteiger partial charge is 0.420 e. The molecule has 0 radical (unpaired) electrons. The van der Waals surface area contributed by atoms with Gasteiger partial charge in [0.25, 0.3) is 0 Å². The van der Waals surface area contributed by atoms with Gasteiger partial charge in [0.1, 0.15) is 6.67 Å². The van der Waals surface area contributed by atoms with Gasteiger partial charge in [0.2, 0.25) is 0 Å². The summed E-state index contributed by atoms with van der Waals surface area (Å²) in [6.45, 7) is -1.43. The zero-order valence-corrected chi connectivity index (χ0v) is 8.06. The third kappa shape index (κ3) is 1.02. The highest BCUT2D eigenvalue weighted by atomic mass is 19.4. The highest BCUT2D eigenvalue weighted by Crippen LogP contribution is 2.63. The molecule has 1 heterocycles. The molecule has 3 fully saturated rings. The van der Waals surface area contributed by atoms with Crippen LogP contribution in [0.2, 0.25) is 0 Å². The van der Waals surface area contributed by atoms with Gasteiger partial charge in [-0.3, -0.25) is 0 Å². The highest BCUT2D eigenvalue weighted by Gasteiger charge is 2.72. The molecule has 0 amide bonds. The van der Waals surface area contributed by atoms with Crippen LogP contribution in [0.25, 0.3) is 0 Å². The van der Waals surface area contributed by atoms with E-state index in [1.54, 1.807) is 0 Å². The van der Waals surface area contributed by atoms with E-state index in [9.17, 15) is 17.6 Å². The lowest BCUT2D eigenvalue weighted by Gasteiger charge is -2.32. The molecule has 0 N–H and O–H groups in total. The summed E-state index contributed by atoms with van der Waals surface area (Å²) in [7, 11) is 0. The van der Waals surface area contributed by atoms with E-state index in [1.165, 1.54) is 0 Å². The van der Waals surface area contributed by atoms with E-state index in [-0.39, 0.29) is 12.0 Å². The molecule has 0 aromatic heterocycles. The van der Waals surface area contributed by atoms with Crippen molar-refractivity contribution < 1.29 is 22.3 Å². The lowest BCUT2D eigenvalue weighted by molar-refractivity contribution is -0.285. The maximum Gasteiger partial charge on any atom is 0.420 e. The molecular formula is C10H12F4O. The number of ether oxygens (including phenoxy) is 1. The van der Waals surface area contributed by atoms with Crippen molar-refractivity contribution in [3.8, 4) is 0 Å². The summed E-state index contributed by atoms with van der Waals surface area (Å²) in [5.74, 6) is -0.348. The Hall–Kier alpha value is -0.320. The summed E-state index contributed by atoms with van der Waals surface area (Å²) < 4.78 is 56.5. The molecule has 1 saturated heterocycles. The zero-order valence-electron chi connectivity index (χ0n) is 8.06. The van der Waals surface area contributed by atoms with E-state index in [4.69, 9.17) is 4.74 Å². The van der Waals surface area contributed by atoms with E-state index in [0.29, 0.717) is 18.8 Å². The summed E-state index contributed by atoms with van der Waals surface area (Å²) in [6.07, 6.45) is -2.93. The standard InChI is InChI=1S/C10H12F4O/c11-4-9(10(12,13)14)7-2-5-1-6(7)8(3-5)15-9/h5-8H,1-4H2. The Labute approximate surface area is 84.8 Å². The van der Waals surface area contributed by atoms with Crippen molar-refractivity contribution in [2.45, 2.75) is 37.1 Å². The normalized spacial score (nSPS) is 52.8. The fourth-order valence-electron chi connectivity index (χ4n) is 3.80. The highest BCUT2D eigenvalue weighted by molar-refractivity contribution is 5.13. The van der Waals surface area contributed by atoms with E-state index < -0.39 is 24.4 Å². The monoisotopic (exact) mass is 224 g/mol. The van der Waals surface area contributed by atoms with Crippen LogP contribution in [0.4, 0.5) is 17.6 Å². The van der Waals surface area contributed by atoms with Gasteiger partial charge in [0, 0.05) is 5.92 Å². The number of rotatable bonds is 1. The lowest BCUT2D eigenvalue weighted by Crippen LogP contribution is -2.52. The van der Waals surface area contributed by atoms with Crippen LogP contribution in [0.3, 0.4) is 0 Å². The molecule has 1 nitrogen and oxygen atoms in total. The Morgan fingerprint density at radius 1 is 1.20 bits per heavy atom. The first-order valence-corrected chi connectivity index (χ1v) is 5.28. The third-order valence-electron chi connectivity index (χ3n) is 4.39. The van der Waals surface area contributed by atoms with Gasteiger partial charge < -0.3 is 4.74 Å². The van der Waals surface area contributed by atoms with Crippen molar-refractivity contribution in [3.05, 3.63) is 0 Å². The molecule has 0 aromatic carbocycles. The van der Waals surface area contributed by atoms with Gasteiger partial charge in [-0.25, -0.2) is 4.39 Å². The molecular weight excluding hydrogens is 212 g/mol. The van der Waals surface area contributed by atoms with Gasteiger partial charge >= 0.3 is 6.18 Å². The van der Waals surface area contributed by atoms with Crippen molar-refractivity contribution in [1.82, 2.24) is 0 Å². The van der Waals surface area contributed by atoms with E-state index >= 15 is 0 Å². The molecule has 3 rings (SSSR count). The SMILES string of the molecule is FCC1(C(F)(F)F)OC2CC3CC2C1C3. The molecule has 0 aromatic rings. The molecule has 1 aliphatic heterocycles. The lowest BCUT2D eigenvalue weighted by atomic mass is 9.79. The molecule has 15 heavy (non-hydrogen) atoms. The summed E-state index contributed by atoms with van der Waals surface area (Å²) in [4.78, 5) is 0. The topological polar surface area (TPSA) is 9.23 Å². The van der Waals surface area contributed by atoms with E-state index in [1.807, 2.05) is 0 Å². The van der Waals surface area contributed by atoms with Gasteiger partial charge in [0.05, 0.1) is 6.10 Å². The number of halogens is 4. The van der Waals surface area contributed by atoms with E-state index in [2.05, 4.69) is 0 Å². The molecule has 3 aliphatic rings. The molecule has 5 atom stereocenters. The predicted octanol–water partition coefficient (Wildman–Crippen LogP) is 2.70. The summed E-state index contributed by atoms with van der Waals surface area (Å²) in [6, 6.07) is 0. The number of fused-ring (bicyclic) bond motifs is 1. The molecule has 86 valence electrons. The van der Waals surface area contributed by atoms with Crippen LogP contribution in [-0.2, 0) is 4.74 Å². The number of hydrogen-bond acceptors (Lipinski definition) is 1. The summed E-state index contributed by atoms with van der Waals surface area (Å²) in [5.41, 5.74) is -2.48. The molecule has 0 spiro atoms. The van der Waals surface area contributed by atoms with Crippen LogP contribution >= 0.6 is 0 Å². The van der Waals surface area contributed by atoms with Crippen LogP contribution in [0, 0.1) is 17.8 Å². The van der Waals surface area contributed by atoms with Crippen LogP contribution in [0.1, 0.15) is 19.3 Å². The maximum absolute atomic E-state index is 12.9. The smallest absolute Gasteiger partial charge is 0.359 e. The fourth-order valence-corrected chi connectivity index (χ4v) is 3.80. The first kappa shape index (κ1) is 9.87. The fraction of sp³-hybridized carbons (Fsp3) is 1.00. The maximum atomic E-state index is 12.9. The number of alkyl halides is 4. The summed E-state index contributed by atoms with van der Waals surface area (Å²) in [5, 5.41) is 0. The molecule has 2 bridgehead atoms. The average molecular weight is 224 g/mol. The Kier molecular flexibility index (Phi) is 1.76. The third-order valence-corrected chi connectivity index (χ3v) is 4.39. The minimum atomic E-state index is -4.57. The minimum absolute atomic E-state index is 0.0487. The van der Waals surface area contributed by atoms with Crippen molar-refractivity contribution in [1.29, 1.82) is 0 Å². The van der Waals surface area contributed by atoms with Crippen LogP contribution in [-0.4, -0.2) is 24.6 Å². The quantitative estimate of drug-likeness (QED) is 0.622. The van der Waals surface area contributed by atoms with Crippen molar-refractivity contribution in [3.63, 3.8) is 0 Å². The second-order valence-electron chi connectivity index (χ2n) is 5.02. The van der Waals surface area contributed by atoms with Gasteiger partial charge in [-0.2, -0.15) is 13.2 Å². The Morgan fingerprint density at radius 2 is 1.93 bits per heavy atom. The van der Waals surface area contributed by atoms with Gasteiger partial charge in [-0.05, 0) is 31.1 Å². The van der Waals surface area contributed by atoms with Crippen molar-refractivity contribution in [2.24, 2.45) is 17.8 Å². The van der Waals surface area contributed by atoms with Gasteiger partial charge in [-0.15, -0.1) is 0 Å². The Morgan fingerprint density at radius 3 is 2.40 bits per heavy atom. The van der Waals surface area contributed by atoms with Gasteiger partial charge in [-0.1, -0.05) is 0 Å².